The molecule has 3 N–H and O–H groups in total. The molecule has 20 heavy (non-hydrogen) atoms. The molecule has 0 unspecified atom stereocenters. The molecule has 1 aromatic heterocycles. The van der Waals surface area contributed by atoms with Crippen molar-refractivity contribution >= 4 is 17.3 Å². The van der Waals surface area contributed by atoms with Crippen molar-refractivity contribution in [2.75, 3.05) is 11.1 Å². The number of anilines is 2. The van der Waals surface area contributed by atoms with E-state index in [0.717, 1.165) is 29.8 Å². The van der Waals surface area contributed by atoms with Gasteiger partial charge in [-0.25, -0.2) is 0 Å². The van der Waals surface area contributed by atoms with Gasteiger partial charge in [0.25, 0.3) is 0 Å². The smallest absolute Gasteiger partial charge is 0.235 e. The molecule has 0 spiro atoms. The van der Waals surface area contributed by atoms with Crippen LogP contribution in [0.3, 0.4) is 0 Å². The van der Waals surface area contributed by atoms with E-state index in [1.807, 2.05) is 43.3 Å². The lowest BCUT2D eigenvalue weighted by atomic mass is 9.94. The molecule has 0 bridgehead atoms. The fraction of sp³-hybridized carbons (Fsp3) is 0.250. The molecule has 3 rings (SSSR count). The van der Waals surface area contributed by atoms with Crippen LogP contribution >= 0.6 is 0 Å². The summed E-state index contributed by atoms with van der Waals surface area (Å²) in [7, 11) is 0. The fourth-order valence-corrected chi connectivity index (χ4v) is 2.43. The van der Waals surface area contributed by atoms with Crippen LogP contribution in [0.4, 0.5) is 11.4 Å². The molecule has 1 heterocycles. The molecule has 1 amide bonds. The third kappa shape index (κ3) is 2.13. The summed E-state index contributed by atoms with van der Waals surface area (Å²) in [5.74, 6) is 0.0402. The molecule has 1 aliphatic carbocycles. The largest absolute Gasteiger partial charge is 0.399 e. The minimum Gasteiger partial charge on any atom is -0.399 e. The lowest BCUT2D eigenvalue weighted by molar-refractivity contribution is -0.118. The first-order valence-corrected chi connectivity index (χ1v) is 6.71. The second-order valence-corrected chi connectivity index (χ2v) is 5.29. The van der Waals surface area contributed by atoms with Gasteiger partial charge in [0.15, 0.2) is 0 Å². The molecular weight excluding hydrogens is 250 g/mol. The van der Waals surface area contributed by atoms with E-state index in [4.69, 9.17) is 5.73 Å². The molecule has 0 atom stereocenters. The number of nitrogens with one attached hydrogen (secondary N) is 1. The van der Waals surface area contributed by atoms with Gasteiger partial charge < -0.3 is 11.1 Å². The van der Waals surface area contributed by atoms with E-state index >= 15 is 0 Å². The minimum atomic E-state index is -0.393. The van der Waals surface area contributed by atoms with Gasteiger partial charge in [0.2, 0.25) is 5.91 Å². The van der Waals surface area contributed by atoms with Gasteiger partial charge in [-0.2, -0.15) is 0 Å². The van der Waals surface area contributed by atoms with Crippen molar-refractivity contribution in [2.24, 2.45) is 0 Å². The molecule has 1 aliphatic rings. The van der Waals surface area contributed by atoms with Crippen LogP contribution in [0.2, 0.25) is 0 Å². The van der Waals surface area contributed by atoms with Crippen LogP contribution in [0.1, 0.15) is 24.1 Å². The van der Waals surface area contributed by atoms with Crippen LogP contribution in [-0.4, -0.2) is 10.9 Å². The van der Waals surface area contributed by atoms with Gasteiger partial charge in [0.1, 0.15) is 0 Å². The van der Waals surface area contributed by atoms with Gasteiger partial charge in [0.05, 0.1) is 16.8 Å². The van der Waals surface area contributed by atoms with Gasteiger partial charge in [-0.3, -0.25) is 9.78 Å². The number of aromatic nitrogens is 1. The molecule has 102 valence electrons. The number of aryl methyl sites for hydroxylation is 1. The summed E-state index contributed by atoms with van der Waals surface area (Å²) in [5.41, 5.74) is 8.66. The first kappa shape index (κ1) is 12.7. The lowest BCUT2D eigenvalue weighted by Gasteiger charge is -2.16. The highest BCUT2D eigenvalue weighted by atomic mass is 16.2. The number of pyridine rings is 1. The Bertz CT molecular complexity index is 645. The number of nitrogen functional groups attached to an aromatic ring is 1. The topological polar surface area (TPSA) is 68.0 Å². The molecule has 1 aromatic carbocycles. The zero-order valence-electron chi connectivity index (χ0n) is 11.4. The Morgan fingerprint density at radius 2 is 1.95 bits per heavy atom. The molecule has 0 saturated heterocycles. The normalized spacial score (nSPS) is 15.7. The molecule has 0 aliphatic heterocycles. The summed E-state index contributed by atoms with van der Waals surface area (Å²) in [6, 6.07) is 11.3. The Hall–Kier alpha value is -2.36. The summed E-state index contributed by atoms with van der Waals surface area (Å²) in [4.78, 5) is 16.8. The number of rotatable bonds is 3. The number of nitrogens with two attached hydrogens (primary N) is 1. The fourth-order valence-electron chi connectivity index (χ4n) is 2.43. The summed E-state index contributed by atoms with van der Waals surface area (Å²) >= 11 is 0. The summed E-state index contributed by atoms with van der Waals surface area (Å²) in [6.07, 6.45) is 3.47. The number of nitrogens with zero attached hydrogens (tertiary/aromatic N) is 1. The van der Waals surface area contributed by atoms with Crippen LogP contribution in [0.25, 0.3) is 0 Å². The van der Waals surface area contributed by atoms with E-state index in [9.17, 15) is 4.79 Å². The second kappa shape index (κ2) is 4.63. The van der Waals surface area contributed by atoms with Gasteiger partial charge in [0, 0.05) is 11.9 Å². The maximum atomic E-state index is 12.6. The summed E-state index contributed by atoms with van der Waals surface area (Å²) in [6.45, 7) is 1.89. The van der Waals surface area contributed by atoms with Crippen molar-refractivity contribution < 1.29 is 4.79 Å². The van der Waals surface area contributed by atoms with Gasteiger partial charge in [-0.1, -0.05) is 12.1 Å². The predicted octanol–water partition coefficient (Wildman–Crippen LogP) is 2.64. The monoisotopic (exact) mass is 267 g/mol. The highest BCUT2D eigenvalue weighted by Gasteiger charge is 2.51. The van der Waals surface area contributed by atoms with E-state index in [-0.39, 0.29) is 5.91 Å². The number of benzene rings is 1. The molecule has 0 radical (unpaired) electrons. The van der Waals surface area contributed by atoms with Gasteiger partial charge >= 0.3 is 0 Å². The molecule has 4 heteroatoms. The van der Waals surface area contributed by atoms with E-state index in [2.05, 4.69) is 10.3 Å². The van der Waals surface area contributed by atoms with Gasteiger partial charge in [-0.05, 0) is 49.6 Å². The standard InChI is InChI=1S/C16H17N3O/c1-11-14(3-2-10-18-11)19-15(20)16(8-9-16)12-4-6-13(17)7-5-12/h2-7,10H,8-9,17H2,1H3,(H,19,20). The van der Waals surface area contributed by atoms with Crippen LogP contribution in [-0.2, 0) is 10.2 Å². The quantitative estimate of drug-likeness (QED) is 0.840. The molecule has 2 aromatic rings. The summed E-state index contributed by atoms with van der Waals surface area (Å²) < 4.78 is 0. The first-order chi connectivity index (χ1) is 9.62. The van der Waals surface area contributed by atoms with Crippen molar-refractivity contribution in [1.82, 2.24) is 4.98 Å². The number of carbonyl (C=O) groups excluding carboxylic acids is 1. The average molecular weight is 267 g/mol. The summed E-state index contributed by atoms with van der Waals surface area (Å²) in [5, 5.41) is 2.99. The molecular formula is C16H17N3O. The Kier molecular flexibility index (Phi) is 2.93. The van der Waals surface area contributed by atoms with E-state index in [1.54, 1.807) is 6.20 Å². The third-order valence-corrected chi connectivity index (χ3v) is 3.90. The number of hydrogen-bond acceptors (Lipinski definition) is 3. The zero-order chi connectivity index (χ0) is 14.2. The van der Waals surface area contributed by atoms with Crippen molar-refractivity contribution in [3.8, 4) is 0 Å². The highest BCUT2D eigenvalue weighted by Crippen LogP contribution is 2.49. The SMILES string of the molecule is Cc1ncccc1NC(=O)C1(c2ccc(N)cc2)CC1. The second-order valence-electron chi connectivity index (χ2n) is 5.29. The van der Waals surface area contributed by atoms with Crippen molar-refractivity contribution in [3.05, 3.63) is 53.9 Å². The predicted molar refractivity (Wildman–Crippen MR) is 79.4 cm³/mol. The average Bonchev–Trinajstić information content (AvgIpc) is 3.24. The maximum Gasteiger partial charge on any atom is 0.235 e. The molecule has 1 fully saturated rings. The third-order valence-electron chi connectivity index (χ3n) is 3.90. The first-order valence-electron chi connectivity index (χ1n) is 6.71. The van der Waals surface area contributed by atoms with Crippen LogP contribution in [0, 0.1) is 6.92 Å². The van der Waals surface area contributed by atoms with Crippen molar-refractivity contribution in [1.29, 1.82) is 0 Å². The van der Waals surface area contributed by atoms with E-state index < -0.39 is 5.41 Å². The highest BCUT2D eigenvalue weighted by molar-refractivity contribution is 6.01. The van der Waals surface area contributed by atoms with E-state index in [0.29, 0.717) is 5.69 Å². The van der Waals surface area contributed by atoms with Crippen molar-refractivity contribution in [3.63, 3.8) is 0 Å². The number of amides is 1. The Balaban J connectivity index is 1.84. The zero-order valence-corrected chi connectivity index (χ0v) is 11.4. The van der Waals surface area contributed by atoms with E-state index in [1.165, 1.54) is 0 Å². The Labute approximate surface area is 118 Å². The minimum absolute atomic E-state index is 0.0402. The van der Waals surface area contributed by atoms with Crippen LogP contribution in [0.15, 0.2) is 42.6 Å². The Morgan fingerprint density at radius 1 is 1.25 bits per heavy atom. The maximum absolute atomic E-state index is 12.6. The van der Waals surface area contributed by atoms with Crippen LogP contribution in [0.5, 0.6) is 0 Å². The van der Waals surface area contributed by atoms with Crippen molar-refractivity contribution in [2.45, 2.75) is 25.2 Å². The lowest BCUT2D eigenvalue weighted by Crippen LogP contribution is -2.28. The van der Waals surface area contributed by atoms with Crippen LogP contribution < -0.4 is 11.1 Å². The van der Waals surface area contributed by atoms with Gasteiger partial charge in [-0.15, -0.1) is 0 Å². The molecule has 1 saturated carbocycles. The molecule has 4 nitrogen and oxygen atoms in total. The number of carbonyl (C=O) groups is 1. The number of hydrogen-bond donors (Lipinski definition) is 2. The Morgan fingerprint density at radius 3 is 2.55 bits per heavy atom.